The van der Waals surface area contributed by atoms with Crippen LogP contribution in [-0.4, -0.2) is 54.0 Å². The average Bonchev–Trinajstić information content (AvgIpc) is 2.93. The number of nitrogens with two attached hydrogens (primary N) is 1. The number of hydrogen-bond donors (Lipinski definition) is 2. The molecule has 2 aromatic rings. The van der Waals surface area contributed by atoms with Crippen LogP contribution < -0.4 is 5.73 Å². The number of nitrogens with one attached hydrogen (secondary N) is 1. The maximum Gasteiger partial charge on any atom is 0.0650 e. The number of ether oxygens (including phenoxy) is 1. The lowest BCUT2D eigenvalue weighted by Crippen LogP contribution is -2.47. The van der Waals surface area contributed by atoms with Crippen LogP contribution in [0.2, 0.25) is 0 Å². The molecule has 1 fully saturated rings. The number of hydrogen-bond acceptors (Lipinski definition) is 4. The highest BCUT2D eigenvalue weighted by Gasteiger charge is 2.20. The monoisotopic (exact) mass is 260 g/mol. The Morgan fingerprint density at radius 1 is 1.37 bits per heavy atom. The van der Waals surface area contributed by atoms with Gasteiger partial charge in [-0.2, -0.15) is 5.10 Å². The van der Waals surface area contributed by atoms with Crippen LogP contribution in [0, 0.1) is 0 Å². The van der Waals surface area contributed by atoms with Gasteiger partial charge in [0.05, 0.1) is 24.9 Å². The minimum Gasteiger partial charge on any atom is -0.379 e. The summed E-state index contributed by atoms with van der Waals surface area (Å²) in [6.07, 6.45) is 2.85. The van der Waals surface area contributed by atoms with E-state index >= 15 is 0 Å². The van der Waals surface area contributed by atoms with E-state index in [-0.39, 0.29) is 0 Å². The van der Waals surface area contributed by atoms with Crippen molar-refractivity contribution in [3.8, 4) is 0 Å². The SMILES string of the molecule is NC[C@H](Cc1ccc2[nH]ncc2c1)N1CCOCC1. The number of H-pyrrole nitrogens is 1. The molecule has 2 heterocycles. The first-order valence-electron chi connectivity index (χ1n) is 6.80. The molecule has 0 spiro atoms. The van der Waals surface area contributed by atoms with Gasteiger partial charge in [-0.1, -0.05) is 6.07 Å². The van der Waals surface area contributed by atoms with Crippen LogP contribution in [0.5, 0.6) is 0 Å². The van der Waals surface area contributed by atoms with Crippen molar-refractivity contribution in [2.75, 3.05) is 32.8 Å². The third kappa shape index (κ3) is 2.78. The van der Waals surface area contributed by atoms with Gasteiger partial charge < -0.3 is 10.5 Å². The second-order valence-corrected chi connectivity index (χ2v) is 5.03. The number of nitrogens with zero attached hydrogens (tertiary/aromatic N) is 2. The smallest absolute Gasteiger partial charge is 0.0650 e. The van der Waals surface area contributed by atoms with Gasteiger partial charge in [-0.3, -0.25) is 10.00 Å². The Morgan fingerprint density at radius 2 is 2.21 bits per heavy atom. The zero-order chi connectivity index (χ0) is 13.1. The van der Waals surface area contributed by atoms with E-state index in [4.69, 9.17) is 10.5 Å². The summed E-state index contributed by atoms with van der Waals surface area (Å²) < 4.78 is 5.40. The average molecular weight is 260 g/mol. The number of aromatic nitrogens is 2. The van der Waals surface area contributed by atoms with Crippen molar-refractivity contribution in [1.29, 1.82) is 0 Å². The van der Waals surface area contributed by atoms with Crippen molar-refractivity contribution >= 4 is 10.9 Å². The highest BCUT2D eigenvalue weighted by molar-refractivity contribution is 5.78. The molecule has 3 N–H and O–H groups in total. The topological polar surface area (TPSA) is 67.2 Å². The van der Waals surface area contributed by atoms with E-state index in [9.17, 15) is 0 Å². The van der Waals surface area contributed by atoms with Gasteiger partial charge in [-0.05, 0) is 24.1 Å². The Morgan fingerprint density at radius 3 is 3.00 bits per heavy atom. The third-order valence-corrected chi connectivity index (χ3v) is 3.81. The zero-order valence-corrected chi connectivity index (χ0v) is 11.0. The van der Waals surface area contributed by atoms with E-state index in [1.807, 2.05) is 6.20 Å². The Bertz CT molecular complexity index is 533. The molecule has 1 atom stereocenters. The molecule has 3 rings (SSSR count). The Balaban J connectivity index is 1.73. The van der Waals surface area contributed by atoms with E-state index in [0.717, 1.165) is 43.6 Å². The Hall–Kier alpha value is -1.43. The van der Waals surface area contributed by atoms with Gasteiger partial charge in [-0.15, -0.1) is 0 Å². The molecule has 1 aliphatic heterocycles. The van der Waals surface area contributed by atoms with E-state index in [1.165, 1.54) is 5.56 Å². The number of rotatable bonds is 4. The van der Waals surface area contributed by atoms with Gasteiger partial charge in [0.2, 0.25) is 0 Å². The van der Waals surface area contributed by atoms with Crippen LogP contribution >= 0.6 is 0 Å². The van der Waals surface area contributed by atoms with Crippen molar-refractivity contribution in [2.45, 2.75) is 12.5 Å². The predicted molar refractivity (Wildman–Crippen MR) is 75.0 cm³/mol. The van der Waals surface area contributed by atoms with Gasteiger partial charge in [0.1, 0.15) is 0 Å². The fraction of sp³-hybridized carbons (Fsp3) is 0.500. The Labute approximate surface area is 112 Å². The lowest BCUT2D eigenvalue weighted by Gasteiger charge is -2.33. The number of benzene rings is 1. The second kappa shape index (κ2) is 5.69. The maximum atomic E-state index is 5.94. The molecule has 102 valence electrons. The highest BCUT2D eigenvalue weighted by atomic mass is 16.5. The molecule has 0 radical (unpaired) electrons. The third-order valence-electron chi connectivity index (χ3n) is 3.81. The molecule has 1 aromatic carbocycles. The van der Waals surface area contributed by atoms with E-state index in [0.29, 0.717) is 12.6 Å². The lowest BCUT2D eigenvalue weighted by atomic mass is 10.0. The molecule has 1 aliphatic rings. The largest absolute Gasteiger partial charge is 0.379 e. The first-order chi connectivity index (χ1) is 9.36. The summed E-state index contributed by atoms with van der Waals surface area (Å²) in [5.74, 6) is 0. The van der Waals surface area contributed by atoms with Crippen LogP contribution in [0.15, 0.2) is 24.4 Å². The molecule has 0 saturated carbocycles. The van der Waals surface area contributed by atoms with Crippen LogP contribution in [0.1, 0.15) is 5.56 Å². The molecular weight excluding hydrogens is 240 g/mol. The van der Waals surface area contributed by atoms with Gasteiger partial charge in [-0.25, -0.2) is 0 Å². The maximum absolute atomic E-state index is 5.94. The molecule has 0 amide bonds. The van der Waals surface area contributed by atoms with Gasteiger partial charge >= 0.3 is 0 Å². The highest BCUT2D eigenvalue weighted by Crippen LogP contribution is 2.16. The van der Waals surface area contributed by atoms with E-state index < -0.39 is 0 Å². The molecule has 0 unspecified atom stereocenters. The molecule has 1 saturated heterocycles. The van der Waals surface area contributed by atoms with Crippen LogP contribution in [-0.2, 0) is 11.2 Å². The molecule has 5 heteroatoms. The minimum absolute atomic E-state index is 0.397. The van der Waals surface area contributed by atoms with Gasteiger partial charge in [0, 0.05) is 31.1 Å². The summed E-state index contributed by atoms with van der Waals surface area (Å²) in [6, 6.07) is 6.84. The molecule has 5 nitrogen and oxygen atoms in total. The lowest BCUT2D eigenvalue weighted by molar-refractivity contribution is 0.0184. The van der Waals surface area contributed by atoms with E-state index in [2.05, 4.69) is 33.3 Å². The normalized spacial score (nSPS) is 18.8. The number of fused-ring (bicyclic) bond motifs is 1. The molecule has 19 heavy (non-hydrogen) atoms. The molecular formula is C14H20N4O. The summed E-state index contributed by atoms with van der Waals surface area (Å²) >= 11 is 0. The van der Waals surface area contributed by atoms with Crippen molar-refractivity contribution in [3.63, 3.8) is 0 Å². The predicted octanol–water partition coefficient (Wildman–Crippen LogP) is 0.765. The van der Waals surface area contributed by atoms with Crippen LogP contribution in [0.3, 0.4) is 0 Å². The summed E-state index contributed by atoms with van der Waals surface area (Å²) in [5, 5.41) is 8.19. The summed E-state index contributed by atoms with van der Waals surface area (Å²) in [6.45, 7) is 4.28. The Kier molecular flexibility index (Phi) is 3.77. The first-order valence-corrected chi connectivity index (χ1v) is 6.80. The van der Waals surface area contributed by atoms with Crippen molar-refractivity contribution < 1.29 is 4.74 Å². The van der Waals surface area contributed by atoms with Crippen molar-refractivity contribution in [1.82, 2.24) is 15.1 Å². The standard InChI is InChI=1S/C14H20N4O/c15-9-13(18-3-5-19-6-4-18)8-11-1-2-14-12(7-11)10-16-17-14/h1-2,7,10,13H,3-6,8-9,15H2,(H,16,17)/t13-/m0/s1. The zero-order valence-electron chi connectivity index (χ0n) is 11.0. The first kappa shape index (κ1) is 12.6. The quantitative estimate of drug-likeness (QED) is 0.852. The number of morpholine rings is 1. The van der Waals surface area contributed by atoms with Crippen LogP contribution in [0.4, 0.5) is 0 Å². The summed E-state index contributed by atoms with van der Waals surface area (Å²) in [4.78, 5) is 2.43. The molecule has 1 aromatic heterocycles. The molecule has 0 aliphatic carbocycles. The van der Waals surface area contributed by atoms with Crippen molar-refractivity contribution in [2.24, 2.45) is 5.73 Å². The van der Waals surface area contributed by atoms with Gasteiger partial charge in [0.15, 0.2) is 0 Å². The van der Waals surface area contributed by atoms with Gasteiger partial charge in [0.25, 0.3) is 0 Å². The summed E-state index contributed by atoms with van der Waals surface area (Å²) in [5.41, 5.74) is 8.34. The van der Waals surface area contributed by atoms with Crippen molar-refractivity contribution in [3.05, 3.63) is 30.0 Å². The minimum atomic E-state index is 0.397. The second-order valence-electron chi connectivity index (χ2n) is 5.03. The molecule has 0 bridgehead atoms. The number of aromatic amines is 1. The fourth-order valence-corrected chi connectivity index (χ4v) is 2.70. The summed E-state index contributed by atoms with van der Waals surface area (Å²) in [7, 11) is 0. The van der Waals surface area contributed by atoms with Crippen LogP contribution in [0.25, 0.3) is 10.9 Å². The fourth-order valence-electron chi connectivity index (χ4n) is 2.70. The van der Waals surface area contributed by atoms with E-state index in [1.54, 1.807) is 0 Å².